The summed E-state index contributed by atoms with van der Waals surface area (Å²) in [5.74, 6) is 0.342. The van der Waals surface area contributed by atoms with Gasteiger partial charge in [0.05, 0.1) is 5.69 Å². The molecule has 7 heteroatoms. The summed E-state index contributed by atoms with van der Waals surface area (Å²) in [5, 5.41) is 10.7. The van der Waals surface area contributed by atoms with Gasteiger partial charge in [0.15, 0.2) is 0 Å². The Hall–Kier alpha value is -2.54. The number of aromatic nitrogens is 2. The van der Waals surface area contributed by atoms with E-state index in [1.54, 1.807) is 18.5 Å². The van der Waals surface area contributed by atoms with Gasteiger partial charge in [0.2, 0.25) is 5.88 Å². The zero-order valence-corrected chi connectivity index (χ0v) is 14.7. The van der Waals surface area contributed by atoms with Crippen molar-refractivity contribution in [1.82, 2.24) is 14.9 Å². The standard InChI is InChI=1S/C17H20N4O2S/c1-17(2,3)14-10-15(23-20-14)19-16(22)21-24-9-6-13(11-24)12-4-7-18-8-5-12/h4-11,24H,1-3H3,(H2,19,21,22). The zero-order valence-electron chi connectivity index (χ0n) is 13.8. The summed E-state index contributed by atoms with van der Waals surface area (Å²) >= 11 is -0.847. The molecule has 2 N–H and O–H groups in total. The highest BCUT2D eigenvalue weighted by atomic mass is 32.2. The van der Waals surface area contributed by atoms with Gasteiger partial charge in [0, 0.05) is 23.9 Å². The molecule has 1 aliphatic rings. The average Bonchev–Trinajstić information content (AvgIpc) is 3.17. The fraction of sp³-hybridized carbons (Fsp3) is 0.235. The van der Waals surface area contributed by atoms with Crippen LogP contribution in [0.3, 0.4) is 0 Å². The van der Waals surface area contributed by atoms with E-state index in [4.69, 9.17) is 4.52 Å². The van der Waals surface area contributed by atoms with E-state index >= 15 is 0 Å². The zero-order chi connectivity index (χ0) is 17.2. The molecule has 0 aliphatic carbocycles. The summed E-state index contributed by atoms with van der Waals surface area (Å²) < 4.78 is 8.08. The molecule has 1 unspecified atom stereocenters. The molecule has 1 aliphatic heterocycles. The maximum atomic E-state index is 12.1. The normalized spacial score (nSPS) is 18.3. The summed E-state index contributed by atoms with van der Waals surface area (Å²) in [6.45, 7) is 6.10. The summed E-state index contributed by atoms with van der Waals surface area (Å²) in [6, 6.07) is 5.32. The lowest BCUT2D eigenvalue weighted by molar-refractivity contribution is 0.256. The Morgan fingerprint density at radius 3 is 2.67 bits per heavy atom. The smallest absolute Gasteiger partial charge is 0.330 e. The van der Waals surface area contributed by atoms with E-state index in [0.29, 0.717) is 5.88 Å². The number of urea groups is 1. The molecule has 0 saturated carbocycles. The van der Waals surface area contributed by atoms with Gasteiger partial charge in [-0.15, -0.1) is 11.1 Å². The first kappa shape index (κ1) is 16.3. The van der Waals surface area contributed by atoms with Crippen molar-refractivity contribution in [2.45, 2.75) is 26.2 Å². The highest BCUT2D eigenvalue weighted by Gasteiger charge is 2.20. The van der Waals surface area contributed by atoms with Crippen LogP contribution in [0.1, 0.15) is 32.0 Å². The summed E-state index contributed by atoms with van der Waals surface area (Å²) in [5.41, 5.74) is 2.83. The molecule has 2 aromatic rings. The Bertz CT molecular complexity index is 790. The first-order valence-electron chi connectivity index (χ1n) is 7.55. The molecule has 1 atom stereocenters. The van der Waals surface area contributed by atoms with Gasteiger partial charge < -0.3 is 4.52 Å². The van der Waals surface area contributed by atoms with Gasteiger partial charge in [-0.1, -0.05) is 25.9 Å². The second kappa shape index (κ2) is 6.52. The van der Waals surface area contributed by atoms with Gasteiger partial charge in [0.25, 0.3) is 0 Å². The van der Waals surface area contributed by atoms with Crippen molar-refractivity contribution in [1.29, 1.82) is 0 Å². The number of rotatable bonds is 3. The van der Waals surface area contributed by atoms with Gasteiger partial charge in [0.1, 0.15) is 0 Å². The van der Waals surface area contributed by atoms with E-state index in [9.17, 15) is 4.79 Å². The van der Waals surface area contributed by atoms with Crippen LogP contribution < -0.4 is 10.0 Å². The minimum atomic E-state index is -0.847. The molecule has 0 fully saturated rings. The topological polar surface area (TPSA) is 80.0 Å². The number of anilines is 1. The predicted octanol–water partition coefficient (Wildman–Crippen LogP) is 3.97. The van der Waals surface area contributed by atoms with Crippen LogP contribution in [0, 0.1) is 0 Å². The SMILES string of the molecule is CC(C)(C)c1cc(NC(=O)N[SH]2C=CC(c3ccncc3)=C2)on1. The average molecular weight is 344 g/mol. The number of thiol groups is 1. The maximum Gasteiger partial charge on any atom is 0.330 e. The van der Waals surface area contributed by atoms with Gasteiger partial charge in [-0.3, -0.25) is 15.0 Å². The first-order chi connectivity index (χ1) is 11.4. The third-order valence-corrected chi connectivity index (χ3v) is 4.94. The number of carbonyl (C=O) groups is 1. The number of hydrogen-bond acceptors (Lipinski definition) is 4. The molecule has 0 bridgehead atoms. The van der Waals surface area contributed by atoms with Crippen molar-refractivity contribution < 1.29 is 9.32 Å². The molecule has 3 heterocycles. The minimum absolute atomic E-state index is 0.125. The molecule has 0 saturated heterocycles. The number of nitrogens with zero attached hydrogens (tertiary/aromatic N) is 2. The molecule has 24 heavy (non-hydrogen) atoms. The summed E-state index contributed by atoms with van der Waals surface area (Å²) in [7, 11) is 0. The molecule has 0 radical (unpaired) electrons. The Morgan fingerprint density at radius 1 is 1.25 bits per heavy atom. The van der Waals surface area contributed by atoms with Crippen molar-refractivity contribution in [3.8, 4) is 0 Å². The van der Waals surface area contributed by atoms with Crippen molar-refractivity contribution in [2.75, 3.05) is 5.32 Å². The molecule has 3 rings (SSSR count). The molecule has 126 valence electrons. The lowest BCUT2D eigenvalue weighted by atomic mass is 9.92. The van der Waals surface area contributed by atoms with Gasteiger partial charge in [-0.2, -0.15) is 0 Å². The first-order valence-corrected chi connectivity index (χ1v) is 9.03. The lowest BCUT2D eigenvalue weighted by Crippen LogP contribution is -2.24. The van der Waals surface area contributed by atoms with Crippen molar-refractivity contribution >= 4 is 28.6 Å². The van der Waals surface area contributed by atoms with Crippen LogP contribution in [0.25, 0.3) is 5.57 Å². The second-order valence-electron chi connectivity index (χ2n) is 6.44. The third kappa shape index (κ3) is 3.86. The van der Waals surface area contributed by atoms with Crippen molar-refractivity contribution in [3.05, 3.63) is 58.7 Å². The molecule has 2 aromatic heterocycles. The van der Waals surface area contributed by atoms with E-state index in [2.05, 4.69) is 20.2 Å². The highest BCUT2D eigenvalue weighted by molar-refractivity contribution is 8.21. The van der Waals surface area contributed by atoms with Gasteiger partial charge in [-0.05, 0) is 40.2 Å². The van der Waals surface area contributed by atoms with Crippen LogP contribution in [0.15, 0.2) is 52.0 Å². The van der Waals surface area contributed by atoms with E-state index in [-0.39, 0.29) is 11.4 Å². The number of nitrogens with one attached hydrogen (secondary N) is 2. The number of hydrogen-bond donors (Lipinski definition) is 3. The number of allylic oxidation sites excluding steroid dienone is 2. The number of pyridine rings is 1. The van der Waals surface area contributed by atoms with E-state index in [0.717, 1.165) is 16.8 Å². The van der Waals surface area contributed by atoms with Crippen LogP contribution in [-0.2, 0) is 5.41 Å². The van der Waals surface area contributed by atoms with Crippen molar-refractivity contribution in [3.63, 3.8) is 0 Å². The van der Waals surface area contributed by atoms with Crippen LogP contribution in [0.2, 0.25) is 0 Å². The molecular weight excluding hydrogens is 324 g/mol. The number of carbonyl (C=O) groups excluding carboxylic acids is 1. The van der Waals surface area contributed by atoms with Crippen LogP contribution in [0.5, 0.6) is 0 Å². The largest absolute Gasteiger partial charge is 0.338 e. The summed E-state index contributed by atoms with van der Waals surface area (Å²) in [4.78, 5) is 16.1. The molecule has 2 amide bonds. The highest BCUT2D eigenvalue weighted by Crippen LogP contribution is 2.36. The van der Waals surface area contributed by atoms with Crippen LogP contribution in [-0.4, -0.2) is 16.2 Å². The second-order valence-corrected chi connectivity index (χ2v) is 8.03. The quantitative estimate of drug-likeness (QED) is 0.736. The Labute approximate surface area is 143 Å². The predicted molar refractivity (Wildman–Crippen MR) is 97.7 cm³/mol. The third-order valence-electron chi connectivity index (χ3n) is 3.45. The Morgan fingerprint density at radius 2 is 2.00 bits per heavy atom. The van der Waals surface area contributed by atoms with E-state index in [1.165, 1.54) is 0 Å². The molecule has 0 aromatic carbocycles. The fourth-order valence-corrected chi connectivity index (χ4v) is 3.50. The van der Waals surface area contributed by atoms with Crippen LogP contribution in [0.4, 0.5) is 10.7 Å². The molecule has 0 spiro atoms. The fourth-order valence-electron chi connectivity index (χ4n) is 2.13. The molecule has 6 nitrogen and oxygen atoms in total. The van der Waals surface area contributed by atoms with Crippen LogP contribution >= 0.6 is 11.1 Å². The minimum Gasteiger partial charge on any atom is -0.338 e. The van der Waals surface area contributed by atoms with Gasteiger partial charge >= 0.3 is 6.03 Å². The van der Waals surface area contributed by atoms with Gasteiger partial charge in [-0.25, -0.2) is 4.79 Å². The lowest BCUT2D eigenvalue weighted by Gasteiger charge is -2.13. The number of amides is 2. The van der Waals surface area contributed by atoms with E-state index < -0.39 is 11.1 Å². The maximum absolute atomic E-state index is 12.1. The van der Waals surface area contributed by atoms with E-state index in [1.807, 2.05) is 49.8 Å². The Kier molecular flexibility index (Phi) is 4.44. The Balaban J connectivity index is 1.59. The molecular formula is C17H20N4O2S. The monoisotopic (exact) mass is 344 g/mol. The summed E-state index contributed by atoms with van der Waals surface area (Å²) in [6.07, 6.45) is 5.51. The van der Waals surface area contributed by atoms with Crippen molar-refractivity contribution in [2.24, 2.45) is 0 Å².